The molecule has 0 atom stereocenters. The van der Waals surface area contributed by atoms with Gasteiger partial charge >= 0.3 is 6.18 Å². The van der Waals surface area contributed by atoms with Crippen LogP contribution in [-0.4, -0.2) is 6.04 Å². The second-order valence-electron chi connectivity index (χ2n) is 6.19. The monoisotopic (exact) mass is 363 g/mol. The number of hydrogen-bond acceptors (Lipinski definition) is 1. The van der Waals surface area contributed by atoms with Gasteiger partial charge in [-0.25, -0.2) is 0 Å². The zero-order valence-electron chi connectivity index (χ0n) is 12.3. The number of benzene rings is 1. The summed E-state index contributed by atoms with van der Waals surface area (Å²) in [4.78, 5) is 0. The Morgan fingerprint density at radius 1 is 1.14 bits per heavy atom. The third-order valence-electron chi connectivity index (χ3n) is 4.36. The molecule has 0 bridgehead atoms. The summed E-state index contributed by atoms with van der Waals surface area (Å²) in [6.07, 6.45) is -0.270. The molecule has 1 nitrogen and oxygen atoms in total. The molecule has 1 aliphatic rings. The van der Waals surface area contributed by atoms with Gasteiger partial charge in [0.15, 0.2) is 0 Å². The van der Waals surface area contributed by atoms with Crippen LogP contribution >= 0.6 is 15.9 Å². The van der Waals surface area contributed by atoms with E-state index in [9.17, 15) is 13.2 Å². The summed E-state index contributed by atoms with van der Waals surface area (Å²) in [5.74, 6) is 1.36. The molecule has 0 aliphatic heterocycles. The third-order valence-corrected chi connectivity index (χ3v) is 4.85. The first kappa shape index (κ1) is 16.7. The highest BCUT2D eigenvalue weighted by atomic mass is 79.9. The van der Waals surface area contributed by atoms with Crippen molar-refractivity contribution in [3.63, 3.8) is 0 Å². The summed E-state index contributed by atoms with van der Waals surface area (Å²) < 4.78 is 39.7. The molecule has 1 aromatic rings. The van der Waals surface area contributed by atoms with Crippen LogP contribution in [0.4, 0.5) is 18.9 Å². The van der Waals surface area contributed by atoms with Crippen molar-refractivity contribution < 1.29 is 13.2 Å². The average Bonchev–Trinajstić information content (AvgIpc) is 2.40. The van der Waals surface area contributed by atoms with Gasteiger partial charge in [-0.1, -0.05) is 29.8 Å². The fourth-order valence-electron chi connectivity index (χ4n) is 3.03. The summed E-state index contributed by atoms with van der Waals surface area (Å²) in [5, 5.41) is 3.10. The van der Waals surface area contributed by atoms with Gasteiger partial charge in [0.25, 0.3) is 0 Å². The molecule has 0 aromatic heterocycles. The standard InChI is InChI=1S/C16H21BrF3N/c1-10(2)11-3-6-13(7-4-11)21-15-8-5-12(17)9-14(15)16(18,19)20/h5,8-11,13,21H,3-4,6-7H2,1-2H3. The minimum absolute atomic E-state index is 0.141. The Bertz CT molecular complexity index is 477. The number of rotatable bonds is 3. The lowest BCUT2D eigenvalue weighted by Gasteiger charge is -2.32. The second-order valence-corrected chi connectivity index (χ2v) is 7.10. The minimum atomic E-state index is -4.33. The van der Waals surface area contributed by atoms with Crippen LogP contribution < -0.4 is 5.32 Å². The molecule has 1 N–H and O–H groups in total. The highest BCUT2D eigenvalue weighted by Gasteiger charge is 2.34. The Labute approximate surface area is 132 Å². The summed E-state index contributed by atoms with van der Waals surface area (Å²) >= 11 is 3.11. The Balaban J connectivity index is 2.07. The minimum Gasteiger partial charge on any atom is -0.382 e. The van der Waals surface area contributed by atoms with Gasteiger partial charge in [0.1, 0.15) is 0 Å². The first-order valence-electron chi connectivity index (χ1n) is 7.40. The largest absolute Gasteiger partial charge is 0.418 e. The predicted molar refractivity (Wildman–Crippen MR) is 83.4 cm³/mol. The molecule has 1 aliphatic carbocycles. The van der Waals surface area contributed by atoms with Gasteiger partial charge in [-0.05, 0) is 55.7 Å². The molecule has 0 saturated heterocycles. The van der Waals surface area contributed by atoms with Crippen LogP contribution in [0.5, 0.6) is 0 Å². The number of nitrogens with one attached hydrogen (secondary N) is 1. The summed E-state index contributed by atoms with van der Waals surface area (Å²) in [5.41, 5.74) is -0.401. The van der Waals surface area contributed by atoms with E-state index in [0.29, 0.717) is 16.3 Å². The van der Waals surface area contributed by atoms with Gasteiger partial charge in [0.05, 0.1) is 5.56 Å². The van der Waals surface area contributed by atoms with Crippen LogP contribution in [0, 0.1) is 11.8 Å². The van der Waals surface area contributed by atoms with E-state index in [4.69, 9.17) is 0 Å². The number of anilines is 1. The topological polar surface area (TPSA) is 12.0 Å². The lowest BCUT2D eigenvalue weighted by molar-refractivity contribution is -0.137. The van der Waals surface area contributed by atoms with Crippen LogP contribution in [0.2, 0.25) is 0 Å². The van der Waals surface area contributed by atoms with Crippen molar-refractivity contribution in [1.82, 2.24) is 0 Å². The van der Waals surface area contributed by atoms with E-state index < -0.39 is 11.7 Å². The van der Waals surface area contributed by atoms with Gasteiger partial charge < -0.3 is 5.32 Å². The van der Waals surface area contributed by atoms with Crippen molar-refractivity contribution >= 4 is 21.6 Å². The SMILES string of the molecule is CC(C)C1CCC(Nc2ccc(Br)cc2C(F)(F)F)CC1. The second kappa shape index (κ2) is 6.59. The molecular formula is C16H21BrF3N. The van der Waals surface area contributed by atoms with Gasteiger partial charge in [0.2, 0.25) is 0 Å². The molecule has 118 valence electrons. The first-order chi connectivity index (χ1) is 9.77. The Hall–Kier alpha value is -0.710. The molecular weight excluding hydrogens is 343 g/mol. The van der Waals surface area contributed by atoms with Crippen molar-refractivity contribution in [1.29, 1.82) is 0 Å². The van der Waals surface area contributed by atoms with Crippen molar-refractivity contribution in [2.75, 3.05) is 5.32 Å². The smallest absolute Gasteiger partial charge is 0.382 e. The summed E-state index contributed by atoms with van der Waals surface area (Å²) in [7, 11) is 0. The zero-order chi connectivity index (χ0) is 15.6. The van der Waals surface area contributed by atoms with E-state index in [-0.39, 0.29) is 11.7 Å². The molecule has 1 fully saturated rings. The maximum absolute atomic E-state index is 13.1. The first-order valence-corrected chi connectivity index (χ1v) is 8.20. The molecule has 0 amide bonds. The maximum atomic E-state index is 13.1. The van der Waals surface area contributed by atoms with E-state index >= 15 is 0 Å². The lowest BCUT2D eigenvalue weighted by atomic mass is 9.79. The molecule has 2 rings (SSSR count). The fraction of sp³-hybridized carbons (Fsp3) is 0.625. The Kier molecular flexibility index (Phi) is 5.23. The van der Waals surface area contributed by atoms with Crippen molar-refractivity contribution in [3.05, 3.63) is 28.2 Å². The zero-order valence-corrected chi connectivity index (χ0v) is 13.9. The van der Waals surface area contributed by atoms with E-state index in [1.807, 2.05) is 0 Å². The molecule has 1 aromatic carbocycles. The van der Waals surface area contributed by atoms with Crippen LogP contribution in [0.1, 0.15) is 45.1 Å². The van der Waals surface area contributed by atoms with Crippen molar-refractivity contribution in [2.45, 2.75) is 51.7 Å². The Morgan fingerprint density at radius 3 is 2.29 bits per heavy atom. The molecule has 0 unspecified atom stereocenters. The Morgan fingerprint density at radius 2 is 1.76 bits per heavy atom. The lowest BCUT2D eigenvalue weighted by Crippen LogP contribution is -2.28. The molecule has 0 radical (unpaired) electrons. The number of halogens is 4. The molecule has 0 spiro atoms. The number of hydrogen-bond donors (Lipinski definition) is 1. The van der Waals surface area contributed by atoms with Gasteiger partial charge in [-0.2, -0.15) is 13.2 Å². The maximum Gasteiger partial charge on any atom is 0.418 e. The van der Waals surface area contributed by atoms with E-state index in [1.54, 1.807) is 6.07 Å². The quantitative estimate of drug-likeness (QED) is 0.684. The number of alkyl halides is 3. The molecule has 1 saturated carbocycles. The summed E-state index contributed by atoms with van der Waals surface area (Å²) in [6, 6.07) is 4.45. The third kappa shape index (κ3) is 4.38. The molecule has 21 heavy (non-hydrogen) atoms. The van der Waals surface area contributed by atoms with Crippen LogP contribution in [-0.2, 0) is 6.18 Å². The van der Waals surface area contributed by atoms with Crippen LogP contribution in [0.25, 0.3) is 0 Å². The normalized spacial score (nSPS) is 23.4. The fourth-order valence-corrected chi connectivity index (χ4v) is 3.39. The molecule has 5 heteroatoms. The van der Waals surface area contributed by atoms with E-state index in [1.165, 1.54) is 6.07 Å². The highest BCUT2D eigenvalue weighted by Crippen LogP contribution is 2.38. The summed E-state index contributed by atoms with van der Waals surface area (Å²) in [6.45, 7) is 4.43. The van der Waals surface area contributed by atoms with Crippen LogP contribution in [0.3, 0.4) is 0 Å². The predicted octanol–water partition coefficient (Wildman–Crippen LogP) is 6.09. The van der Waals surface area contributed by atoms with Crippen LogP contribution in [0.15, 0.2) is 22.7 Å². The van der Waals surface area contributed by atoms with Gasteiger partial charge in [-0.15, -0.1) is 0 Å². The average molecular weight is 364 g/mol. The molecule has 0 heterocycles. The van der Waals surface area contributed by atoms with Gasteiger partial charge in [-0.3, -0.25) is 0 Å². The van der Waals surface area contributed by atoms with Crippen molar-refractivity contribution in [2.24, 2.45) is 11.8 Å². The van der Waals surface area contributed by atoms with E-state index in [2.05, 4.69) is 35.1 Å². The van der Waals surface area contributed by atoms with Crippen molar-refractivity contribution in [3.8, 4) is 0 Å². The van der Waals surface area contributed by atoms with Gasteiger partial charge in [0, 0.05) is 16.2 Å². The highest BCUT2D eigenvalue weighted by molar-refractivity contribution is 9.10. The van der Waals surface area contributed by atoms with E-state index in [0.717, 1.165) is 31.7 Å².